The summed E-state index contributed by atoms with van der Waals surface area (Å²) in [5.41, 5.74) is 0. The number of nitrogens with one attached hydrogen (secondary N) is 1. The fourth-order valence-corrected chi connectivity index (χ4v) is 0.215. The molecule has 1 aromatic heterocycles. The molecule has 0 spiro atoms. The Labute approximate surface area is 139 Å². The third kappa shape index (κ3) is 106. The van der Waals surface area contributed by atoms with Crippen molar-refractivity contribution in [3.63, 3.8) is 0 Å². The van der Waals surface area contributed by atoms with E-state index in [1.165, 1.54) is 0 Å². The Bertz CT molecular complexity index is 204. The van der Waals surface area contributed by atoms with Crippen LogP contribution in [0, 0.1) is 0 Å². The van der Waals surface area contributed by atoms with E-state index >= 15 is 0 Å². The number of aromatic amines is 1. The first-order valence-corrected chi connectivity index (χ1v) is 7.33. The van der Waals surface area contributed by atoms with Crippen LogP contribution in [0.5, 0.6) is 0 Å². The van der Waals surface area contributed by atoms with Gasteiger partial charge < -0.3 is 42.2 Å². The SMILES string of the molecule is CS(C)=O.CS(C)=O.[Cl-].[Cl-].[Cl-].[Ru+3].c1c[nH]cn1. The number of H-pyrrole nitrogens is 1. The molecule has 0 aliphatic heterocycles. The summed E-state index contributed by atoms with van der Waals surface area (Å²) in [6.45, 7) is 0. The van der Waals surface area contributed by atoms with E-state index < -0.39 is 21.6 Å². The molecule has 10 heteroatoms. The van der Waals surface area contributed by atoms with Gasteiger partial charge in [-0.1, -0.05) is 0 Å². The molecular formula is C7H16Cl3N2O2RuS2. The first-order chi connectivity index (χ1) is 5.96. The Morgan fingerprint density at radius 3 is 1.29 bits per heavy atom. The van der Waals surface area contributed by atoms with Crippen molar-refractivity contribution in [1.82, 2.24) is 9.97 Å². The maximum absolute atomic E-state index is 9.56. The molecule has 0 atom stereocenters. The van der Waals surface area contributed by atoms with Gasteiger partial charge in [-0.3, -0.25) is 8.42 Å². The van der Waals surface area contributed by atoms with E-state index in [1.54, 1.807) is 43.7 Å². The molecule has 0 unspecified atom stereocenters. The Kier molecular flexibility index (Phi) is 64.2. The van der Waals surface area contributed by atoms with E-state index in [1.807, 2.05) is 0 Å². The van der Waals surface area contributed by atoms with Gasteiger partial charge in [0.15, 0.2) is 0 Å². The molecule has 1 N–H and O–H groups in total. The summed E-state index contributed by atoms with van der Waals surface area (Å²) in [4.78, 5) is 6.42. The minimum atomic E-state index is -0.611. The number of hydrogen-bond donors (Lipinski definition) is 1. The van der Waals surface area contributed by atoms with Crippen LogP contribution < -0.4 is 37.2 Å². The first-order valence-electron chi connectivity index (χ1n) is 3.39. The summed E-state index contributed by atoms with van der Waals surface area (Å²) < 4.78 is 19.1. The molecule has 1 aromatic rings. The minimum absolute atomic E-state index is 0. The van der Waals surface area contributed by atoms with Crippen molar-refractivity contribution in [3.8, 4) is 0 Å². The largest absolute Gasteiger partial charge is 3.00 e. The first kappa shape index (κ1) is 36.1. The van der Waals surface area contributed by atoms with Gasteiger partial charge in [0.05, 0.1) is 6.33 Å². The second-order valence-corrected chi connectivity index (χ2v) is 5.21. The van der Waals surface area contributed by atoms with Crippen molar-refractivity contribution < 1.29 is 65.1 Å². The number of halogens is 3. The van der Waals surface area contributed by atoms with Gasteiger partial charge in [0.25, 0.3) is 0 Å². The van der Waals surface area contributed by atoms with Crippen LogP contribution in [0.3, 0.4) is 0 Å². The van der Waals surface area contributed by atoms with Gasteiger partial charge in [-0.05, 0) is 0 Å². The van der Waals surface area contributed by atoms with Gasteiger partial charge in [0.2, 0.25) is 0 Å². The molecule has 0 bridgehead atoms. The third-order valence-corrected chi connectivity index (χ3v) is 0.406. The number of nitrogens with zero attached hydrogens (tertiary/aromatic N) is 1. The van der Waals surface area contributed by atoms with Gasteiger partial charge in [0, 0.05) is 59.0 Å². The van der Waals surface area contributed by atoms with Crippen LogP contribution in [0.1, 0.15) is 0 Å². The topological polar surface area (TPSA) is 62.8 Å². The number of rotatable bonds is 0. The second kappa shape index (κ2) is 30.2. The minimum Gasteiger partial charge on any atom is -1.00 e. The molecule has 4 nitrogen and oxygen atoms in total. The Morgan fingerprint density at radius 2 is 1.24 bits per heavy atom. The zero-order chi connectivity index (χ0) is 10.7. The van der Waals surface area contributed by atoms with E-state index in [2.05, 4.69) is 9.97 Å². The number of imidazole rings is 1. The predicted octanol–water partition coefficient (Wildman–Crippen LogP) is -8.59. The van der Waals surface area contributed by atoms with Crippen LogP contribution in [-0.2, 0) is 41.1 Å². The predicted molar refractivity (Wildman–Crippen MR) is 58.6 cm³/mol. The molecule has 0 aromatic carbocycles. The molecular weight excluding hydrogens is 416 g/mol. The summed E-state index contributed by atoms with van der Waals surface area (Å²) in [7, 11) is -1.22. The van der Waals surface area contributed by atoms with E-state index in [9.17, 15) is 8.42 Å². The Balaban J connectivity index is -0.0000000242. The molecule has 17 heavy (non-hydrogen) atoms. The number of hydrogen-bond acceptors (Lipinski definition) is 3. The van der Waals surface area contributed by atoms with Crippen LogP contribution in [0.2, 0.25) is 0 Å². The van der Waals surface area contributed by atoms with Gasteiger partial charge in [-0.25, -0.2) is 4.98 Å². The average Bonchev–Trinajstić information content (AvgIpc) is 2.35. The summed E-state index contributed by atoms with van der Waals surface area (Å²) in [5.74, 6) is 0. The zero-order valence-electron chi connectivity index (χ0n) is 9.80. The molecule has 107 valence electrons. The van der Waals surface area contributed by atoms with E-state index in [0.717, 1.165) is 0 Å². The molecule has 0 saturated heterocycles. The molecule has 0 saturated carbocycles. The van der Waals surface area contributed by atoms with Crippen molar-refractivity contribution in [1.29, 1.82) is 0 Å². The van der Waals surface area contributed by atoms with Crippen molar-refractivity contribution in [2.24, 2.45) is 0 Å². The molecule has 0 fully saturated rings. The fourth-order valence-electron chi connectivity index (χ4n) is 0.215. The Morgan fingerprint density at radius 1 is 0.941 bits per heavy atom. The third-order valence-electron chi connectivity index (χ3n) is 0.406. The van der Waals surface area contributed by atoms with Crippen molar-refractivity contribution in [2.75, 3.05) is 25.0 Å². The Hall–Kier alpha value is 1.00. The average molecular weight is 432 g/mol. The molecule has 0 amide bonds. The van der Waals surface area contributed by atoms with Crippen molar-refractivity contribution in [3.05, 3.63) is 18.7 Å². The van der Waals surface area contributed by atoms with Crippen LogP contribution in [-0.4, -0.2) is 43.4 Å². The normalized spacial score (nSPS) is 6.47. The maximum Gasteiger partial charge on any atom is 3.00 e. The second-order valence-electron chi connectivity index (χ2n) is 2.24. The van der Waals surface area contributed by atoms with Crippen LogP contribution in [0.4, 0.5) is 0 Å². The van der Waals surface area contributed by atoms with E-state index in [0.29, 0.717) is 0 Å². The van der Waals surface area contributed by atoms with Crippen molar-refractivity contribution >= 4 is 21.6 Å². The summed E-state index contributed by atoms with van der Waals surface area (Å²) in [6.07, 6.45) is 11.6. The number of aromatic nitrogens is 2. The molecule has 1 heterocycles. The standard InChI is InChI=1S/C3H4N2.2C2H6OS.3ClH.Ru/c1-2-5-3-4-1;2*1-4(2)3;;;;/h1-3H,(H,4,5);2*1-2H3;3*1H;/q;;;;;;+3/p-3. The zero-order valence-corrected chi connectivity index (χ0v) is 15.4. The van der Waals surface area contributed by atoms with Crippen LogP contribution >= 0.6 is 0 Å². The molecule has 0 aliphatic rings. The monoisotopic (exact) mass is 431 g/mol. The van der Waals surface area contributed by atoms with Crippen LogP contribution in [0.15, 0.2) is 18.7 Å². The fraction of sp³-hybridized carbons (Fsp3) is 0.571. The maximum atomic E-state index is 9.56. The summed E-state index contributed by atoms with van der Waals surface area (Å²) >= 11 is 0. The van der Waals surface area contributed by atoms with Gasteiger partial charge >= 0.3 is 19.5 Å². The van der Waals surface area contributed by atoms with Gasteiger partial charge in [0.1, 0.15) is 0 Å². The van der Waals surface area contributed by atoms with E-state index in [4.69, 9.17) is 0 Å². The summed E-state index contributed by atoms with van der Waals surface area (Å²) in [6, 6.07) is 0. The molecule has 0 aliphatic carbocycles. The van der Waals surface area contributed by atoms with Gasteiger partial charge in [-0.15, -0.1) is 0 Å². The van der Waals surface area contributed by atoms with Crippen molar-refractivity contribution in [2.45, 2.75) is 0 Å². The van der Waals surface area contributed by atoms with Crippen LogP contribution in [0.25, 0.3) is 0 Å². The summed E-state index contributed by atoms with van der Waals surface area (Å²) in [5, 5.41) is 0. The van der Waals surface area contributed by atoms with E-state index in [-0.39, 0.29) is 56.7 Å². The smallest absolute Gasteiger partial charge is 1.00 e. The molecule has 1 rings (SSSR count). The molecule has 1 radical (unpaired) electrons. The van der Waals surface area contributed by atoms with Gasteiger partial charge in [-0.2, -0.15) is 0 Å². The quantitative estimate of drug-likeness (QED) is 0.415.